The Hall–Kier alpha value is -1.69. The highest BCUT2D eigenvalue weighted by molar-refractivity contribution is 7.94. The van der Waals surface area contributed by atoms with Crippen LogP contribution in [0.4, 0.5) is 5.69 Å². The summed E-state index contributed by atoms with van der Waals surface area (Å²) in [7, 11) is -6.64. The summed E-state index contributed by atoms with van der Waals surface area (Å²) in [6.07, 6.45) is 0. The first kappa shape index (κ1) is 25.6. The number of methoxy groups -OCH3 is 1. The van der Waals surface area contributed by atoms with Crippen molar-refractivity contribution in [3.63, 3.8) is 0 Å². The second-order valence-electron chi connectivity index (χ2n) is 8.85. The van der Waals surface area contributed by atoms with Crippen LogP contribution in [-0.4, -0.2) is 65.7 Å². The second kappa shape index (κ2) is 8.68. The van der Waals surface area contributed by atoms with Gasteiger partial charge in [0.05, 0.1) is 24.0 Å². The number of hydrogen-bond acceptors (Lipinski definition) is 7. The van der Waals surface area contributed by atoms with Crippen molar-refractivity contribution in [1.82, 2.24) is 9.62 Å². The van der Waals surface area contributed by atoms with Crippen molar-refractivity contribution in [3.05, 3.63) is 18.2 Å². The van der Waals surface area contributed by atoms with Gasteiger partial charge >= 0.3 is 0 Å². The fourth-order valence-corrected chi connectivity index (χ4v) is 7.29. The molecule has 1 aromatic carbocycles. The number of amides is 1. The van der Waals surface area contributed by atoms with E-state index in [9.17, 15) is 21.6 Å². The number of hydrogen-bond donors (Lipinski definition) is 1. The molecule has 1 heterocycles. The SMILES string of the molecule is CCN(CC)C(C)(C)CNS(=O)(=O)c1cc(N2C(=O)C(C)(C)CS2(=O)=O)ccc1OC. The number of ether oxygens (including phenoxy) is 1. The highest BCUT2D eigenvalue weighted by atomic mass is 32.2. The zero-order chi connectivity index (χ0) is 23.8. The lowest BCUT2D eigenvalue weighted by Crippen LogP contribution is -2.51. The molecule has 0 unspecified atom stereocenters. The molecule has 0 spiro atoms. The molecule has 1 fully saturated rings. The summed E-state index contributed by atoms with van der Waals surface area (Å²) in [5.74, 6) is -0.889. The third-order valence-electron chi connectivity index (χ3n) is 5.57. The van der Waals surface area contributed by atoms with E-state index in [1.54, 1.807) is 13.8 Å². The van der Waals surface area contributed by atoms with Crippen LogP contribution in [-0.2, 0) is 24.8 Å². The number of nitrogens with one attached hydrogen (secondary N) is 1. The Labute approximate surface area is 185 Å². The van der Waals surface area contributed by atoms with Crippen molar-refractivity contribution >= 4 is 31.6 Å². The summed E-state index contributed by atoms with van der Waals surface area (Å²) in [6, 6.07) is 3.89. The van der Waals surface area contributed by atoms with Crippen LogP contribution in [0.3, 0.4) is 0 Å². The lowest BCUT2D eigenvalue weighted by atomic mass is 9.95. The van der Waals surface area contributed by atoms with Crippen molar-refractivity contribution in [1.29, 1.82) is 0 Å². The summed E-state index contributed by atoms with van der Waals surface area (Å²) in [5.41, 5.74) is -1.57. The van der Waals surface area contributed by atoms with E-state index >= 15 is 0 Å². The van der Waals surface area contributed by atoms with Gasteiger partial charge in [0.1, 0.15) is 10.6 Å². The average molecular weight is 476 g/mol. The molecule has 0 aliphatic carbocycles. The highest BCUT2D eigenvalue weighted by Crippen LogP contribution is 2.38. The molecular formula is C20H33N3O6S2. The highest BCUT2D eigenvalue weighted by Gasteiger charge is 2.50. The molecule has 1 aliphatic rings. The Kier molecular flexibility index (Phi) is 7.16. The van der Waals surface area contributed by atoms with E-state index in [1.807, 2.05) is 27.7 Å². The fourth-order valence-electron chi connectivity index (χ4n) is 3.80. The van der Waals surface area contributed by atoms with E-state index < -0.39 is 36.9 Å². The lowest BCUT2D eigenvalue weighted by molar-refractivity contribution is -0.123. The molecule has 0 aromatic heterocycles. The first-order chi connectivity index (χ1) is 14.1. The van der Waals surface area contributed by atoms with Crippen LogP contribution in [0.15, 0.2) is 23.1 Å². The number of carbonyl (C=O) groups is 1. The molecule has 0 saturated carbocycles. The van der Waals surface area contributed by atoms with Crippen molar-refractivity contribution < 1.29 is 26.4 Å². The molecule has 11 heteroatoms. The predicted octanol–water partition coefficient (Wildman–Crippen LogP) is 1.80. The predicted molar refractivity (Wildman–Crippen MR) is 120 cm³/mol. The van der Waals surface area contributed by atoms with Crippen molar-refractivity contribution in [2.24, 2.45) is 5.41 Å². The van der Waals surface area contributed by atoms with Crippen LogP contribution in [0.5, 0.6) is 5.75 Å². The minimum atomic E-state index is -4.06. The smallest absolute Gasteiger partial charge is 0.247 e. The zero-order valence-corrected chi connectivity index (χ0v) is 20.9. The van der Waals surface area contributed by atoms with E-state index in [-0.39, 0.29) is 28.6 Å². The maximum Gasteiger partial charge on any atom is 0.247 e. The molecule has 0 radical (unpaired) electrons. The molecule has 1 saturated heterocycles. The minimum absolute atomic E-state index is 0.0280. The Bertz CT molecular complexity index is 1040. The van der Waals surface area contributed by atoms with E-state index in [2.05, 4.69) is 9.62 Å². The Balaban J connectivity index is 2.46. The quantitative estimate of drug-likeness (QED) is 0.579. The number of sulfonamides is 2. The van der Waals surface area contributed by atoms with Gasteiger partial charge in [-0.1, -0.05) is 13.8 Å². The third kappa shape index (κ3) is 5.05. The van der Waals surface area contributed by atoms with Crippen LogP contribution in [0.1, 0.15) is 41.5 Å². The van der Waals surface area contributed by atoms with Gasteiger partial charge in [0.25, 0.3) is 0 Å². The van der Waals surface area contributed by atoms with E-state index in [0.29, 0.717) is 4.31 Å². The van der Waals surface area contributed by atoms with Gasteiger partial charge in [-0.05, 0) is 59.0 Å². The van der Waals surface area contributed by atoms with Crippen molar-refractivity contribution in [2.45, 2.75) is 52.0 Å². The molecule has 1 aromatic rings. The first-order valence-corrected chi connectivity index (χ1v) is 13.2. The standard InChI is InChI=1S/C20H33N3O6S2/c1-8-22(9-2)20(5,6)13-21-31(27,28)17-12-15(10-11-16(17)29-7)23-18(24)19(3,4)14-30(23,25)26/h10-12,21H,8-9,13-14H2,1-7H3. The number of nitrogens with zero attached hydrogens (tertiary/aromatic N) is 2. The largest absolute Gasteiger partial charge is 0.495 e. The van der Waals surface area contributed by atoms with Gasteiger partial charge in [0, 0.05) is 12.1 Å². The Morgan fingerprint density at radius 2 is 1.81 bits per heavy atom. The molecule has 1 amide bonds. The molecule has 0 atom stereocenters. The molecule has 1 aliphatic heterocycles. The van der Waals surface area contributed by atoms with Crippen LogP contribution >= 0.6 is 0 Å². The topological polar surface area (TPSA) is 113 Å². The number of benzene rings is 1. The van der Waals surface area contributed by atoms with Gasteiger partial charge in [-0.2, -0.15) is 0 Å². The zero-order valence-electron chi connectivity index (χ0n) is 19.2. The third-order valence-corrected chi connectivity index (χ3v) is 9.01. The van der Waals surface area contributed by atoms with Gasteiger partial charge in [0.2, 0.25) is 26.0 Å². The molecule has 31 heavy (non-hydrogen) atoms. The van der Waals surface area contributed by atoms with Gasteiger partial charge in [-0.3, -0.25) is 9.69 Å². The Morgan fingerprint density at radius 3 is 2.26 bits per heavy atom. The summed E-state index contributed by atoms with van der Waals surface area (Å²) in [5, 5.41) is 0. The number of anilines is 1. The summed E-state index contributed by atoms with van der Waals surface area (Å²) >= 11 is 0. The van der Waals surface area contributed by atoms with Crippen molar-refractivity contribution in [3.8, 4) is 5.75 Å². The lowest BCUT2D eigenvalue weighted by Gasteiger charge is -2.37. The van der Waals surface area contributed by atoms with Crippen LogP contribution < -0.4 is 13.8 Å². The van der Waals surface area contributed by atoms with Gasteiger partial charge in [-0.25, -0.2) is 25.9 Å². The van der Waals surface area contributed by atoms with E-state index in [0.717, 1.165) is 13.1 Å². The van der Waals surface area contributed by atoms with E-state index in [4.69, 9.17) is 4.74 Å². The van der Waals surface area contributed by atoms with Crippen LogP contribution in [0, 0.1) is 5.41 Å². The number of carbonyl (C=O) groups excluding carboxylic acids is 1. The van der Waals surface area contributed by atoms with Crippen LogP contribution in [0.2, 0.25) is 0 Å². The molecule has 1 N–H and O–H groups in total. The summed E-state index contributed by atoms with van der Waals surface area (Å²) in [4.78, 5) is 14.6. The summed E-state index contributed by atoms with van der Waals surface area (Å²) < 4.78 is 60.0. The molecule has 9 nitrogen and oxygen atoms in total. The normalized spacial score (nSPS) is 18.6. The first-order valence-electron chi connectivity index (χ1n) is 10.1. The van der Waals surface area contributed by atoms with Gasteiger partial charge in [-0.15, -0.1) is 0 Å². The monoisotopic (exact) mass is 475 g/mol. The molecular weight excluding hydrogens is 442 g/mol. The van der Waals surface area contributed by atoms with Crippen molar-refractivity contribution in [2.75, 3.05) is 36.8 Å². The number of rotatable bonds is 9. The minimum Gasteiger partial charge on any atom is -0.495 e. The molecule has 176 valence electrons. The maximum atomic E-state index is 13.1. The van der Waals surface area contributed by atoms with E-state index in [1.165, 1.54) is 25.3 Å². The Morgan fingerprint density at radius 1 is 1.23 bits per heavy atom. The molecule has 2 rings (SSSR count). The molecule has 0 bridgehead atoms. The van der Waals surface area contributed by atoms with Gasteiger partial charge in [0.15, 0.2) is 0 Å². The summed E-state index contributed by atoms with van der Waals surface area (Å²) in [6.45, 7) is 12.6. The average Bonchev–Trinajstić information content (AvgIpc) is 2.83. The number of likely N-dealkylation sites (N-methyl/N-ethyl adjacent to an activating group) is 1. The van der Waals surface area contributed by atoms with Gasteiger partial charge < -0.3 is 4.74 Å². The fraction of sp³-hybridized carbons (Fsp3) is 0.650. The van der Waals surface area contributed by atoms with Crippen LogP contribution in [0.25, 0.3) is 0 Å². The second-order valence-corrected chi connectivity index (χ2v) is 12.4. The maximum absolute atomic E-state index is 13.1.